The Balaban J connectivity index is 1.53. The van der Waals surface area contributed by atoms with Crippen LogP contribution in [0.1, 0.15) is 50.4 Å². The van der Waals surface area contributed by atoms with Crippen molar-refractivity contribution in [3.63, 3.8) is 0 Å². The number of amides is 4. The van der Waals surface area contributed by atoms with Crippen molar-refractivity contribution in [1.82, 2.24) is 15.1 Å². The minimum Gasteiger partial charge on any atom is -0.335 e. The first kappa shape index (κ1) is 17.0. The van der Waals surface area contributed by atoms with Gasteiger partial charge in [0, 0.05) is 24.4 Å². The number of hydrogen-bond donors (Lipinski definition) is 1. The molecule has 4 amide bonds. The van der Waals surface area contributed by atoms with Crippen molar-refractivity contribution in [2.24, 2.45) is 0 Å². The number of thiophene rings is 1. The Hall–Kier alpha value is -1.89. The molecule has 0 aromatic carbocycles. The molecule has 3 rings (SSSR count). The second kappa shape index (κ2) is 6.55. The van der Waals surface area contributed by atoms with Gasteiger partial charge in [0.25, 0.3) is 5.91 Å². The molecule has 0 saturated carbocycles. The summed E-state index contributed by atoms with van der Waals surface area (Å²) in [6.45, 7) is 4.46. The number of likely N-dealkylation sites (tertiary alicyclic amines) is 1. The Morgan fingerprint density at radius 3 is 2.83 bits per heavy atom. The van der Waals surface area contributed by atoms with Gasteiger partial charge in [0.15, 0.2) is 0 Å². The molecule has 1 N–H and O–H groups in total. The molecule has 0 spiro atoms. The first-order valence-corrected chi connectivity index (χ1v) is 9.25. The lowest BCUT2D eigenvalue weighted by molar-refractivity contribution is -0.133. The van der Waals surface area contributed by atoms with Crippen LogP contribution in [0, 0.1) is 0 Å². The van der Waals surface area contributed by atoms with Crippen LogP contribution in [-0.2, 0) is 9.59 Å². The van der Waals surface area contributed by atoms with Crippen molar-refractivity contribution in [3.8, 4) is 0 Å². The minimum absolute atomic E-state index is 0.109. The number of hydrogen-bond acceptors (Lipinski definition) is 4. The van der Waals surface area contributed by atoms with E-state index in [1.54, 1.807) is 25.2 Å². The SMILES string of the molecule is CC1(C)NC(=O)N(CCCC(=O)N2CCCC2c2cccs2)C1=O. The highest BCUT2D eigenvalue weighted by molar-refractivity contribution is 7.10. The van der Waals surface area contributed by atoms with Crippen LogP contribution >= 0.6 is 11.3 Å². The molecule has 130 valence electrons. The van der Waals surface area contributed by atoms with Crippen LogP contribution in [-0.4, -0.2) is 46.3 Å². The van der Waals surface area contributed by atoms with Gasteiger partial charge in [0.2, 0.25) is 5.91 Å². The second-order valence-electron chi connectivity index (χ2n) is 6.88. The Labute approximate surface area is 145 Å². The van der Waals surface area contributed by atoms with E-state index in [0.29, 0.717) is 12.8 Å². The van der Waals surface area contributed by atoms with E-state index in [4.69, 9.17) is 0 Å². The van der Waals surface area contributed by atoms with Crippen LogP contribution in [0.2, 0.25) is 0 Å². The Morgan fingerprint density at radius 2 is 2.21 bits per heavy atom. The highest BCUT2D eigenvalue weighted by atomic mass is 32.1. The largest absolute Gasteiger partial charge is 0.335 e. The van der Waals surface area contributed by atoms with E-state index in [1.807, 2.05) is 16.3 Å². The van der Waals surface area contributed by atoms with Crippen molar-refractivity contribution in [1.29, 1.82) is 0 Å². The summed E-state index contributed by atoms with van der Waals surface area (Å²) in [5.74, 6) is -0.116. The third-order valence-electron chi connectivity index (χ3n) is 4.66. The molecule has 1 aromatic heterocycles. The van der Waals surface area contributed by atoms with Crippen LogP contribution in [0.3, 0.4) is 0 Å². The molecule has 0 aliphatic carbocycles. The molecular weight excluding hydrogens is 326 g/mol. The zero-order chi connectivity index (χ0) is 17.3. The highest BCUT2D eigenvalue weighted by Gasteiger charge is 2.43. The maximum Gasteiger partial charge on any atom is 0.325 e. The molecule has 6 nitrogen and oxygen atoms in total. The summed E-state index contributed by atoms with van der Waals surface area (Å²) in [4.78, 5) is 40.9. The standard InChI is InChI=1S/C17H23N3O3S/c1-17(2)15(22)20(16(23)18-17)10-4-8-14(21)19-9-3-6-12(19)13-7-5-11-24-13/h5,7,11-12H,3-4,6,8-10H2,1-2H3,(H,18,23). The van der Waals surface area contributed by atoms with Gasteiger partial charge in [0.1, 0.15) is 5.54 Å². The third kappa shape index (κ3) is 3.17. The Kier molecular flexibility index (Phi) is 4.62. The molecule has 7 heteroatoms. The van der Waals surface area contributed by atoms with Crippen LogP contribution in [0.5, 0.6) is 0 Å². The fourth-order valence-corrected chi connectivity index (χ4v) is 4.27. The smallest absolute Gasteiger partial charge is 0.325 e. The van der Waals surface area contributed by atoms with E-state index in [2.05, 4.69) is 11.4 Å². The maximum atomic E-state index is 12.5. The predicted molar refractivity (Wildman–Crippen MR) is 91.6 cm³/mol. The quantitative estimate of drug-likeness (QED) is 0.831. The summed E-state index contributed by atoms with van der Waals surface area (Å²) in [5.41, 5.74) is -0.847. The van der Waals surface area contributed by atoms with Gasteiger partial charge in [-0.15, -0.1) is 11.3 Å². The van der Waals surface area contributed by atoms with Gasteiger partial charge >= 0.3 is 6.03 Å². The van der Waals surface area contributed by atoms with E-state index < -0.39 is 5.54 Å². The molecule has 2 saturated heterocycles. The Bertz CT molecular complexity index is 642. The lowest BCUT2D eigenvalue weighted by Gasteiger charge is -2.24. The van der Waals surface area contributed by atoms with Crippen LogP contribution in [0.25, 0.3) is 0 Å². The third-order valence-corrected chi connectivity index (χ3v) is 5.64. The fourth-order valence-electron chi connectivity index (χ4n) is 3.39. The summed E-state index contributed by atoms with van der Waals surface area (Å²) in [7, 11) is 0. The van der Waals surface area contributed by atoms with E-state index in [9.17, 15) is 14.4 Å². The predicted octanol–water partition coefficient (Wildman–Crippen LogP) is 2.52. The minimum atomic E-state index is -0.847. The number of rotatable bonds is 5. The number of urea groups is 1. The average Bonchev–Trinajstić information content (AvgIpc) is 3.22. The lowest BCUT2D eigenvalue weighted by atomic mass is 10.1. The molecule has 1 atom stereocenters. The van der Waals surface area contributed by atoms with Gasteiger partial charge < -0.3 is 10.2 Å². The topological polar surface area (TPSA) is 69.7 Å². The molecule has 2 fully saturated rings. The average molecular weight is 349 g/mol. The van der Waals surface area contributed by atoms with E-state index in [-0.39, 0.29) is 30.4 Å². The van der Waals surface area contributed by atoms with Gasteiger partial charge in [-0.2, -0.15) is 0 Å². The van der Waals surface area contributed by atoms with Crippen molar-refractivity contribution in [3.05, 3.63) is 22.4 Å². The van der Waals surface area contributed by atoms with Gasteiger partial charge in [0.05, 0.1) is 6.04 Å². The van der Waals surface area contributed by atoms with Crippen molar-refractivity contribution in [2.75, 3.05) is 13.1 Å². The van der Waals surface area contributed by atoms with Crippen LogP contribution in [0.4, 0.5) is 4.79 Å². The highest BCUT2D eigenvalue weighted by Crippen LogP contribution is 2.34. The number of nitrogens with one attached hydrogen (secondary N) is 1. The summed E-state index contributed by atoms with van der Waals surface area (Å²) in [6.07, 6.45) is 2.89. The number of nitrogens with zero attached hydrogens (tertiary/aromatic N) is 2. The summed E-state index contributed by atoms with van der Waals surface area (Å²) < 4.78 is 0. The van der Waals surface area contributed by atoms with Gasteiger partial charge in [-0.3, -0.25) is 14.5 Å². The van der Waals surface area contributed by atoms with E-state index in [0.717, 1.165) is 19.4 Å². The van der Waals surface area contributed by atoms with E-state index >= 15 is 0 Å². The Morgan fingerprint density at radius 1 is 1.42 bits per heavy atom. The molecule has 3 heterocycles. The van der Waals surface area contributed by atoms with Crippen molar-refractivity contribution in [2.45, 2.75) is 51.1 Å². The van der Waals surface area contributed by atoms with Gasteiger partial charge in [-0.25, -0.2) is 4.79 Å². The maximum absolute atomic E-state index is 12.5. The van der Waals surface area contributed by atoms with E-state index in [1.165, 1.54) is 9.78 Å². The molecule has 0 radical (unpaired) electrons. The second-order valence-corrected chi connectivity index (χ2v) is 7.86. The molecule has 2 aliphatic heterocycles. The summed E-state index contributed by atoms with van der Waals surface area (Å²) in [6, 6.07) is 3.92. The van der Waals surface area contributed by atoms with Gasteiger partial charge in [-0.1, -0.05) is 6.07 Å². The molecule has 1 unspecified atom stereocenters. The summed E-state index contributed by atoms with van der Waals surface area (Å²) >= 11 is 1.69. The summed E-state index contributed by atoms with van der Waals surface area (Å²) in [5, 5.41) is 4.69. The number of carbonyl (C=O) groups excluding carboxylic acids is 3. The molecular formula is C17H23N3O3S. The molecule has 2 aliphatic rings. The number of carbonyl (C=O) groups is 3. The zero-order valence-corrected chi connectivity index (χ0v) is 14.9. The first-order valence-electron chi connectivity index (χ1n) is 8.37. The fraction of sp³-hybridized carbons (Fsp3) is 0.588. The first-order chi connectivity index (χ1) is 11.4. The van der Waals surface area contributed by atoms with Gasteiger partial charge in [-0.05, 0) is 44.6 Å². The number of imide groups is 1. The molecule has 1 aromatic rings. The monoisotopic (exact) mass is 349 g/mol. The normalized spacial score (nSPS) is 23.0. The van der Waals surface area contributed by atoms with Crippen molar-refractivity contribution < 1.29 is 14.4 Å². The lowest BCUT2D eigenvalue weighted by Crippen LogP contribution is -2.40. The molecule has 0 bridgehead atoms. The van der Waals surface area contributed by atoms with Crippen molar-refractivity contribution >= 4 is 29.2 Å². The zero-order valence-electron chi connectivity index (χ0n) is 14.1. The molecule has 24 heavy (non-hydrogen) atoms. The van der Waals surface area contributed by atoms with Crippen LogP contribution in [0.15, 0.2) is 17.5 Å². The van der Waals surface area contributed by atoms with Crippen LogP contribution < -0.4 is 5.32 Å².